The third-order valence-electron chi connectivity index (χ3n) is 2.75. The van der Waals surface area contributed by atoms with Gasteiger partial charge in [0.05, 0.1) is 17.3 Å². The molecule has 0 amide bonds. The summed E-state index contributed by atoms with van der Waals surface area (Å²) in [6.07, 6.45) is 0. The number of nitrogens with one attached hydrogen (secondary N) is 1. The summed E-state index contributed by atoms with van der Waals surface area (Å²) >= 11 is 1.46. The van der Waals surface area contributed by atoms with Crippen LogP contribution in [0.1, 0.15) is 34.0 Å². The molecular weight excluding hydrogens is 281 g/mol. The molecule has 7 heteroatoms. The highest BCUT2D eigenvalue weighted by atomic mass is 32.1. The molecule has 0 spiro atoms. The van der Waals surface area contributed by atoms with Crippen LogP contribution < -0.4 is 11.1 Å². The minimum Gasteiger partial charge on any atom is -0.478 e. The first-order valence-electron chi connectivity index (χ1n) is 5.89. The average Bonchev–Trinajstić information content (AvgIpc) is 2.79. The molecule has 0 bridgehead atoms. The molecule has 106 valence electrons. The number of thiazole rings is 1. The highest BCUT2D eigenvalue weighted by Gasteiger charge is 2.16. The molecule has 0 saturated heterocycles. The van der Waals surface area contributed by atoms with Crippen LogP contribution in [0.5, 0.6) is 0 Å². The summed E-state index contributed by atoms with van der Waals surface area (Å²) in [5, 5.41) is 14.6. The smallest absolute Gasteiger partial charge is 0.337 e. The average molecular weight is 295 g/mol. The largest absolute Gasteiger partial charge is 0.478 e. The lowest BCUT2D eigenvalue weighted by atomic mass is 10.1. The molecule has 1 aromatic heterocycles. The predicted molar refractivity (Wildman–Crippen MR) is 76.7 cm³/mol. The number of rotatable bonds is 4. The molecule has 20 heavy (non-hydrogen) atoms. The van der Waals surface area contributed by atoms with Crippen molar-refractivity contribution in [1.29, 1.82) is 0 Å². The van der Waals surface area contributed by atoms with Crippen LogP contribution in [0.3, 0.4) is 0 Å². The summed E-state index contributed by atoms with van der Waals surface area (Å²) < 4.78 is 13.8. The van der Waals surface area contributed by atoms with E-state index in [0.717, 1.165) is 16.8 Å². The zero-order valence-corrected chi connectivity index (χ0v) is 11.8. The van der Waals surface area contributed by atoms with E-state index in [9.17, 15) is 9.18 Å². The van der Waals surface area contributed by atoms with Gasteiger partial charge < -0.3 is 16.2 Å². The third-order valence-corrected chi connectivity index (χ3v) is 3.89. The van der Waals surface area contributed by atoms with E-state index in [2.05, 4.69) is 10.3 Å². The Morgan fingerprint density at radius 3 is 2.80 bits per heavy atom. The molecule has 0 aliphatic rings. The number of nitrogen functional groups attached to an aromatic ring is 1. The first-order valence-corrected chi connectivity index (χ1v) is 6.77. The normalized spacial score (nSPS) is 12.2. The molecule has 1 unspecified atom stereocenters. The molecule has 4 N–H and O–H groups in total. The van der Waals surface area contributed by atoms with Crippen LogP contribution in [0.2, 0.25) is 0 Å². The Hall–Kier alpha value is -2.15. The molecule has 0 saturated carbocycles. The molecule has 1 heterocycles. The number of aromatic carboxylic acids is 1. The molecule has 2 rings (SSSR count). The van der Waals surface area contributed by atoms with Crippen molar-refractivity contribution in [3.8, 4) is 0 Å². The standard InChI is InChI=1S/C13H14FN3O2S/c1-6-5-20-12(16-6)7(2)17-11-3-8(13(18)19)10(15)4-9(11)14/h3-5,7,17H,15H2,1-2H3,(H,18,19). The number of halogens is 1. The molecular formula is C13H14FN3O2S. The van der Waals surface area contributed by atoms with E-state index in [1.807, 2.05) is 19.2 Å². The first-order chi connectivity index (χ1) is 9.38. The first kappa shape index (κ1) is 14.3. The van der Waals surface area contributed by atoms with Gasteiger partial charge in [0.1, 0.15) is 10.8 Å². The van der Waals surface area contributed by atoms with Crippen LogP contribution >= 0.6 is 11.3 Å². The molecule has 0 fully saturated rings. The number of aryl methyl sites for hydroxylation is 1. The minimum atomic E-state index is -1.19. The Morgan fingerprint density at radius 1 is 1.55 bits per heavy atom. The molecule has 2 aromatic rings. The van der Waals surface area contributed by atoms with Crippen LogP contribution in [-0.4, -0.2) is 16.1 Å². The van der Waals surface area contributed by atoms with Crippen molar-refractivity contribution in [3.05, 3.63) is 39.6 Å². The van der Waals surface area contributed by atoms with E-state index in [1.165, 1.54) is 17.4 Å². The maximum atomic E-state index is 13.8. The lowest BCUT2D eigenvalue weighted by Crippen LogP contribution is -2.10. The van der Waals surface area contributed by atoms with E-state index in [-0.39, 0.29) is 23.0 Å². The topological polar surface area (TPSA) is 88.2 Å². The molecule has 5 nitrogen and oxygen atoms in total. The van der Waals surface area contributed by atoms with Crippen molar-refractivity contribution in [3.63, 3.8) is 0 Å². The van der Waals surface area contributed by atoms with Gasteiger partial charge in [-0.15, -0.1) is 11.3 Å². The summed E-state index contributed by atoms with van der Waals surface area (Å²) in [7, 11) is 0. The fourth-order valence-corrected chi connectivity index (χ4v) is 2.55. The number of carboxylic acids is 1. The Morgan fingerprint density at radius 2 is 2.25 bits per heavy atom. The van der Waals surface area contributed by atoms with E-state index in [1.54, 1.807) is 0 Å². The van der Waals surface area contributed by atoms with E-state index in [4.69, 9.17) is 10.8 Å². The van der Waals surface area contributed by atoms with Gasteiger partial charge in [-0.3, -0.25) is 0 Å². The van der Waals surface area contributed by atoms with Crippen molar-refractivity contribution in [1.82, 2.24) is 4.98 Å². The summed E-state index contributed by atoms with van der Waals surface area (Å²) in [4.78, 5) is 15.3. The van der Waals surface area contributed by atoms with Crippen molar-refractivity contribution in [2.45, 2.75) is 19.9 Å². The van der Waals surface area contributed by atoms with Gasteiger partial charge in [0, 0.05) is 16.8 Å². The van der Waals surface area contributed by atoms with Gasteiger partial charge in [0.25, 0.3) is 0 Å². The van der Waals surface area contributed by atoms with Crippen molar-refractivity contribution in [2.24, 2.45) is 0 Å². The quantitative estimate of drug-likeness (QED) is 0.754. The van der Waals surface area contributed by atoms with E-state index in [0.29, 0.717) is 0 Å². The van der Waals surface area contributed by atoms with Crippen LogP contribution in [0, 0.1) is 12.7 Å². The lowest BCUT2D eigenvalue weighted by molar-refractivity contribution is 0.0698. The zero-order valence-electron chi connectivity index (χ0n) is 11.0. The molecule has 0 aliphatic heterocycles. The van der Waals surface area contributed by atoms with Crippen LogP contribution in [0.25, 0.3) is 0 Å². The van der Waals surface area contributed by atoms with Crippen LogP contribution in [0.4, 0.5) is 15.8 Å². The highest BCUT2D eigenvalue weighted by Crippen LogP contribution is 2.27. The maximum absolute atomic E-state index is 13.8. The number of nitrogens with two attached hydrogens (primary N) is 1. The Kier molecular flexibility index (Phi) is 3.89. The van der Waals surface area contributed by atoms with E-state index >= 15 is 0 Å². The number of hydrogen-bond donors (Lipinski definition) is 3. The van der Waals surface area contributed by atoms with Gasteiger partial charge in [0.15, 0.2) is 0 Å². The van der Waals surface area contributed by atoms with Gasteiger partial charge in [-0.25, -0.2) is 14.2 Å². The minimum absolute atomic E-state index is 0.0944. The number of aromatic nitrogens is 1. The fourth-order valence-electron chi connectivity index (χ4n) is 1.75. The molecule has 1 aromatic carbocycles. The number of anilines is 2. The number of benzene rings is 1. The number of carboxylic acid groups (broad SMARTS) is 1. The highest BCUT2D eigenvalue weighted by molar-refractivity contribution is 7.09. The van der Waals surface area contributed by atoms with Gasteiger partial charge in [-0.1, -0.05) is 0 Å². The third kappa shape index (κ3) is 2.88. The van der Waals surface area contributed by atoms with Gasteiger partial charge in [0.2, 0.25) is 0 Å². The number of hydrogen-bond acceptors (Lipinski definition) is 5. The van der Waals surface area contributed by atoms with Gasteiger partial charge in [-0.05, 0) is 26.0 Å². The van der Waals surface area contributed by atoms with Gasteiger partial charge in [-0.2, -0.15) is 0 Å². The monoisotopic (exact) mass is 295 g/mol. The maximum Gasteiger partial charge on any atom is 0.337 e. The Labute approximate surface area is 119 Å². The second-order valence-electron chi connectivity index (χ2n) is 4.42. The van der Waals surface area contributed by atoms with Crippen molar-refractivity contribution in [2.75, 3.05) is 11.1 Å². The van der Waals surface area contributed by atoms with E-state index < -0.39 is 11.8 Å². The molecule has 0 radical (unpaired) electrons. The SMILES string of the molecule is Cc1csc(C(C)Nc2cc(C(=O)O)c(N)cc2F)n1. The zero-order chi connectivity index (χ0) is 14.9. The predicted octanol–water partition coefficient (Wildman–Crippen LogP) is 3.04. The van der Waals surface area contributed by atoms with Gasteiger partial charge >= 0.3 is 5.97 Å². The number of carbonyl (C=O) groups is 1. The van der Waals surface area contributed by atoms with Crippen LogP contribution in [-0.2, 0) is 0 Å². The second kappa shape index (κ2) is 5.46. The summed E-state index contributed by atoms with van der Waals surface area (Å²) in [5.41, 5.74) is 6.24. The summed E-state index contributed by atoms with van der Waals surface area (Å²) in [5.74, 6) is -1.78. The van der Waals surface area contributed by atoms with Crippen molar-refractivity contribution >= 4 is 28.7 Å². The molecule has 1 atom stereocenters. The number of nitrogens with zero attached hydrogens (tertiary/aromatic N) is 1. The Balaban J connectivity index is 2.29. The van der Waals surface area contributed by atoms with Crippen LogP contribution in [0.15, 0.2) is 17.5 Å². The van der Waals surface area contributed by atoms with Crippen molar-refractivity contribution < 1.29 is 14.3 Å². The second-order valence-corrected chi connectivity index (χ2v) is 5.31. The Bertz CT molecular complexity index is 657. The fraction of sp³-hybridized carbons (Fsp3) is 0.231. The lowest BCUT2D eigenvalue weighted by Gasteiger charge is -2.15. The summed E-state index contributed by atoms with van der Waals surface area (Å²) in [6, 6.07) is 1.98. The summed E-state index contributed by atoms with van der Waals surface area (Å²) in [6.45, 7) is 3.70. The molecule has 0 aliphatic carbocycles.